The van der Waals surface area contributed by atoms with Crippen molar-refractivity contribution in [1.29, 1.82) is 0 Å². The number of rotatable bonds is 4. The van der Waals surface area contributed by atoms with Crippen LogP contribution in [-0.2, 0) is 9.59 Å². The lowest BCUT2D eigenvalue weighted by molar-refractivity contribution is -0.137. The van der Waals surface area contributed by atoms with E-state index >= 15 is 0 Å². The van der Waals surface area contributed by atoms with E-state index in [2.05, 4.69) is 4.98 Å². The molecular weight excluding hydrogens is 436 g/mol. The van der Waals surface area contributed by atoms with Gasteiger partial charge in [0.25, 0.3) is 5.19 Å². The summed E-state index contributed by atoms with van der Waals surface area (Å²) in [5.74, 6) is -1.74. The number of benzene rings is 2. The molecule has 1 unspecified atom stereocenters. The van der Waals surface area contributed by atoms with Gasteiger partial charge in [0.05, 0.1) is 10.6 Å². The van der Waals surface area contributed by atoms with Gasteiger partial charge < -0.3 is 14.5 Å². The first-order valence-electron chi connectivity index (χ1n) is 10.5. The molecule has 2 aliphatic rings. The van der Waals surface area contributed by atoms with Gasteiger partial charge in [0.1, 0.15) is 17.4 Å². The first kappa shape index (κ1) is 20.8. The summed E-state index contributed by atoms with van der Waals surface area (Å²) in [6.45, 7) is 1.44. The second-order valence-corrected chi connectivity index (χ2v) is 9.09. The van der Waals surface area contributed by atoms with Crippen LogP contribution in [-0.4, -0.2) is 47.4 Å². The van der Waals surface area contributed by atoms with Gasteiger partial charge in [-0.25, -0.2) is 8.78 Å². The fraction of sp³-hybridized carbons (Fsp3) is 0.348. The molecule has 32 heavy (non-hydrogen) atoms. The van der Waals surface area contributed by atoms with E-state index in [-0.39, 0.29) is 35.8 Å². The molecule has 9 heteroatoms. The Labute approximate surface area is 187 Å². The molecular formula is C23H21F2N3O3S. The maximum atomic E-state index is 13.9. The van der Waals surface area contributed by atoms with Crippen LogP contribution in [0.25, 0.3) is 10.2 Å². The van der Waals surface area contributed by atoms with E-state index < -0.39 is 11.6 Å². The third-order valence-corrected chi connectivity index (χ3v) is 6.85. The van der Waals surface area contributed by atoms with Crippen LogP contribution in [0.3, 0.4) is 0 Å². The summed E-state index contributed by atoms with van der Waals surface area (Å²) in [4.78, 5) is 33.0. The van der Waals surface area contributed by atoms with Crippen molar-refractivity contribution in [2.24, 2.45) is 5.92 Å². The normalized spacial score (nSPS) is 19.7. The first-order valence-corrected chi connectivity index (χ1v) is 11.4. The minimum Gasteiger partial charge on any atom is -0.467 e. The zero-order valence-corrected chi connectivity index (χ0v) is 18.0. The number of para-hydroxylation sites is 1. The maximum Gasteiger partial charge on any atom is 0.274 e. The molecule has 0 aliphatic carbocycles. The van der Waals surface area contributed by atoms with Crippen molar-refractivity contribution in [1.82, 2.24) is 9.88 Å². The molecule has 0 radical (unpaired) electrons. The lowest BCUT2D eigenvalue weighted by Crippen LogP contribution is -2.44. The van der Waals surface area contributed by atoms with Crippen LogP contribution in [0.5, 0.6) is 5.19 Å². The highest BCUT2D eigenvalue weighted by atomic mass is 32.1. The summed E-state index contributed by atoms with van der Waals surface area (Å²) < 4.78 is 33.6. The number of piperidine rings is 1. The number of halogens is 2. The van der Waals surface area contributed by atoms with Crippen molar-refractivity contribution in [3.8, 4) is 5.19 Å². The van der Waals surface area contributed by atoms with Gasteiger partial charge in [-0.15, -0.1) is 0 Å². The highest BCUT2D eigenvalue weighted by Gasteiger charge is 2.38. The second-order valence-electron chi connectivity index (χ2n) is 8.10. The molecule has 3 aromatic rings. The van der Waals surface area contributed by atoms with Gasteiger partial charge in [-0.3, -0.25) is 9.59 Å². The van der Waals surface area contributed by atoms with E-state index in [1.54, 1.807) is 9.80 Å². The number of amides is 2. The number of ether oxygens (including phenoxy) is 1. The lowest BCUT2D eigenvalue weighted by atomic mass is 10.0. The Balaban J connectivity index is 1.17. The number of anilines is 1. The zero-order valence-electron chi connectivity index (χ0n) is 17.2. The van der Waals surface area contributed by atoms with Crippen LogP contribution in [0.2, 0.25) is 0 Å². The largest absolute Gasteiger partial charge is 0.467 e. The van der Waals surface area contributed by atoms with Gasteiger partial charge >= 0.3 is 0 Å². The minimum atomic E-state index is -0.706. The average molecular weight is 458 g/mol. The number of likely N-dealkylation sites (tertiary alicyclic amines) is 1. The van der Waals surface area contributed by atoms with Crippen LogP contribution < -0.4 is 9.64 Å². The van der Waals surface area contributed by atoms with Gasteiger partial charge in [-0.05, 0) is 18.2 Å². The lowest BCUT2D eigenvalue weighted by Gasteiger charge is -2.33. The van der Waals surface area contributed by atoms with Crippen molar-refractivity contribution in [2.45, 2.75) is 25.4 Å². The van der Waals surface area contributed by atoms with Crippen LogP contribution in [0, 0.1) is 17.6 Å². The summed E-state index contributed by atoms with van der Waals surface area (Å²) in [7, 11) is 0. The van der Waals surface area contributed by atoms with Crippen molar-refractivity contribution in [3.05, 3.63) is 54.1 Å². The molecule has 2 aliphatic heterocycles. The molecule has 2 fully saturated rings. The zero-order chi connectivity index (χ0) is 22.2. The van der Waals surface area contributed by atoms with E-state index in [9.17, 15) is 18.4 Å². The molecule has 0 saturated carbocycles. The summed E-state index contributed by atoms with van der Waals surface area (Å²) in [5, 5.41) is 0.300. The Bertz CT molecular complexity index is 1160. The molecule has 0 spiro atoms. The summed E-state index contributed by atoms with van der Waals surface area (Å²) in [5.41, 5.74) is 0.917. The van der Waals surface area contributed by atoms with Crippen molar-refractivity contribution >= 4 is 39.1 Å². The highest BCUT2D eigenvalue weighted by Crippen LogP contribution is 2.32. The predicted octanol–water partition coefficient (Wildman–Crippen LogP) is 4.00. The van der Waals surface area contributed by atoms with E-state index in [4.69, 9.17) is 4.74 Å². The number of fused-ring (bicyclic) bond motifs is 1. The van der Waals surface area contributed by atoms with E-state index in [1.165, 1.54) is 6.07 Å². The topological polar surface area (TPSA) is 62.7 Å². The molecule has 0 bridgehead atoms. The monoisotopic (exact) mass is 457 g/mol. The van der Waals surface area contributed by atoms with E-state index in [0.29, 0.717) is 42.4 Å². The smallest absolute Gasteiger partial charge is 0.274 e. The molecule has 1 aromatic heterocycles. The number of hydrogen-bond acceptors (Lipinski definition) is 5. The van der Waals surface area contributed by atoms with Gasteiger partial charge in [0, 0.05) is 50.7 Å². The summed E-state index contributed by atoms with van der Waals surface area (Å²) >= 11 is 1.11. The molecule has 166 valence electrons. The molecule has 2 amide bonds. The number of aromatic nitrogens is 1. The molecule has 6 nitrogen and oxygen atoms in total. The van der Waals surface area contributed by atoms with Crippen LogP contribution in [0.4, 0.5) is 14.5 Å². The van der Waals surface area contributed by atoms with Gasteiger partial charge in [0.2, 0.25) is 11.8 Å². The number of hydrogen-bond donors (Lipinski definition) is 0. The Hall–Kier alpha value is -3.07. The van der Waals surface area contributed by atoms with Crippen LogP contribution >= 0.6 is 11.3 Å². The Morgan fingerprint density at radius 2 is 1.88 bits per heavy atom. The van der Waals surface area contributed by atoms with Crippen molar-refractivity contribution < 1.29 is 23.1 Å². The molecule has 2 aromatic carbocycles. The number of carbonyl (C=O) groups excluding carboxylic acids is 2. The van der Waals surface area contributed by atoms with E-state index in [1.807, 2.05) is 30.3 Å². The maximum absolute atomic E-state index is 13.9. The Morgan fingerprint density at radius 3 is 2.62 bits per heavy atom. The Kier molecular flexibility index (Phi) is 5.50. The average Bonchev–Trinajstić information content (AvgIpc) is 3.37. The summed E-state index contributed by atoms with van der Waals surface area (Å²) in [6.07, 6.45) is 1.29. The third kappa shape index (κ3) is 4.04. The van der Waals surface area contributed by atoms with Gasteiger partial charge in [0.15, 0.2) is 5.82 Å². The fourth-order valence-electron chi connectivity index (χ4n) is 4.31. The van der Waals surface area contributed by atoms with Crippen LogP contribution in [0.15, 0.2) is 42.5 Å². The van der Waals surface area contributed by atoms with E-state index in [0.717, 1.165) is 23.1 Å². The fourth-order valence-corrected chi connectivity index (χ4v) is 5.23. The number of carbonyl (C=O) groups is 2. The first-order chi connectivity index (χ1) is 15.5. The highest BCUT2D eigenvalue weighted by molar-refractivity contribution is 7.20. The van der Waals surface area contributed by atoms with Gasteiger partial charge in [-0.2, -0.15) is 4.98 Å². The molecule has 1 atom stereocenters. The molecule has 5 rings (SSSR count). The Morgan fingerprint density at radius 1 is 1.12 bits per heavy atom. The van der Waals surface area contributed by atoms with Crippen LogP contribution in [0.1, 0.15) is 19.3 Å². The second kappa shape index (κ2) is 8.46. The third-order valence-electron chi connectivity index (χ3n) is 5.96. The number of nitrogens with zero attached hydrogens (tertiary/aromatic N) is 3. The van der Waals surface area contributed by atoms with Crippen molar-refractivity contribution in [2.75, 3.05) is 24.5 Å². The molecule has 0 N–H and O–H groups in total. The molecule has 2 saturated heterocycles. The van der Waals surface area contributed by atoms with Crippen molar-refractivity contribution in [3.63, 3.8) is 0 Å². The quantitative estimate of drug-likeness (QED) is 0.594. The molecule has 3 heterocycles. The SMILES string of the molecule is O=C(C1CC(=O)N(c2ccccc2)C1)N1CCC(Oc2nc3c(F)cc(F)cc3s2)CC1. The van der Waals surface area contributed by atoms with Gasteiger partial charge in [-0.1, -0.05) is 29.5 Å². The predicted molar refractivity (Wildman–Crippen MR) is 117 cm³/mol. The standard InChI is InChI=1S/C23H21F2N3O3S/c24-15-11-18(25)21-19(12-15)32-23(26-21)31-17-6-8-27(9-7-17)22(30)14-10-20(29)28(13-14)16-4-2-1-3-5-16/h1-5,11-12,14,17H,6-10,13H2. The minimum absolute atomic E-state index is 0.00670. The number of thiazole rings is 1. The summed E-state index contributed by atoms with van der Waals surface area (Å²) in [6, 6.07) is 11.4.